The van der Waals surface area contributed by atoms with Crippen LogP contribution in [0.15, 0.2) is 175 Å². The predicted molar refractivity (Wildman–Crippen MR) is 196 cm³/mol. The summed E-state index contributed by atoms with van der Waals surface area (Å²) >= 11 is 0. The average Bonchev–Trinajstić information content (AvgIpc) is 3.15. The van der Waals surface area contributed by atoms with Crippen LogP contribution in [0.2, 0.25) is 0 Å². The summed E-state index contributed by atoms with van der Waals surface area (Å²) in [5.74, 6) is 0. The minimum Gasteiger partial charge on any atom is -0.310 e. The molecule has 218 valence electrons. The number of benzene rings is 7. The Hall–Kier alpha value is -5.99. The van der Waals surface area contributed by atoms with Gasteiger partial charge < -0.3 is 4.90 Å². The molecular weight excluding hydrogens is 556 g/mol. The third-order valence-electron chi connectivity index (χ3n) is 8.93. The van der Waals surface area contributed by atoms with Crippen molar-refractivity contribution in [2.75, 3.05) is 4.90 Å². The number of para-hydroxylation sites is 2. The largest absolute Gasteiger partial charge is 0.310 e. The molecule has 0 atom stereocenters. The Morgan fingerprint density at radius 2 is 1.13 bits per heavy atom. The summed E-state index contributed by atoms with van der Waals surface area (Å²) in [6.07, 6.45) is 0. The maximum Gasteiger partial charge on any atom is 0.0711 e. The molecule has 7 aromatic carbocycles. The molecule has 0 bridgehead atoms. The molecule has 0 radical (unpaired) electrons. The Kier molecular flexibility index (Phi) is 6.89. The molecule has 0 saturated carbocycles. The summed E-state index contributed by atoms with van der Waals surface area (Å²) in [5.41, 5.74) is 14.2. The van der Waals surface area contributed by atoms with Crippen LogP contribution in [0.3, 0.4) is 0 Å². The van der Waals surface area contributed by atoms with Crippen LogP contribution >= 0.6 is 0 Å². The van der Waals surface area contributed by atoms with Crippen LogP contribution in [0, 0.1) is 0 Å². The van der Waals surface area contributed by atoms with E-state index in [0.717, 1.165) is 73.0 Å². The van der Waals surface area contributed by atoms with Crippen molar-refractivity contribution in [1.82, 2.24) is 0 Å². The average molecular weight is 589 g/mol. The van der Waals surface area contributed by atoms with Crippen molar-refractivity contribution in [3.63, 3.8) is 0 Å². The predicted octanol–water partition coefficient (Wildman–Crippen LogP) is 12.2. The first-order chi connectivity index (χ1) is 22.7. The summed E-state index contributed by atoms with van der Waals surface area (Å²) in [4.78, 5) is 7.47. The number of nitrogens with zero attached hydrogens (tertiary/aromatic N) is 2. The van der Waals surface area contributed by atoms with Crippen molar-refractivity contribution in [3.8, 4) is 22.3 Å². The summed E-state index contributed by atoms with van der Waals surface area (Å²) in [7, 11) is 0. The highest BCUT2D eigenvalue weighted by atomic mass is 15.1. The molecule has 0 spiro atoms. The summed E-state index contributed by atoms with van der Waals surface area (Å²) < 4.78 is 0. The van der Waals surface area contributed by atoms with Crippen molar-refractivity contribution < 1.29 is 0 Å². The molecule has 8 rings (SSSR count). The van der Waals surface area contributed by atoms with Crippen LogP contribution in [0.1, 0.15) is 23.6 Å². The van der Waals surface area contributed by atoms with Gasteiger partial charge in [0.1, 0.15) is 0 Å². The molecule has 0 saturated heterocycles. The van der Waals surface area contributed by atoms with Gasteiger partial charge >= 0.3 is 0 Å². The van der Waals surface area contributed by atoms with E-state index < -0.39 is 0 Å². The number of anilines is 3. The molecular formula is C44H32N2. The summed E-state index contributed by atoms with van der Waals surface area (Å²) in [5, 5.41) is 2.43. The zero-order valence-corrected chi connectivity index (χ0v) is 25.7. The molecule has 2 heteroatoms. The molecule has 0 amide bonds. The van der Waals surface area contributed by atoms with Gasteiger partial charge in [-0.05, 0) is 88.2 Å². The van der Waals surface area contributed by atoms with Gasteiger partial charge in [0.2, 0.25) is 0 Å². The van der Waals surface area contributed by atoms with Gasteiger partial charge in [-0.25, -0.2) is 0 Å². The van der Waals surface area contributed by atoms with E-state index in [1.54, 1.807) is 0 Å². The van der Waals surface area contributed by atoms with Gasteiger partial charge in [-0.2, -0.15) is 0 Å². The van der Waals surface area contributed by atoms with Gasteiger partial charge in [0, 0.05) is 33.6 Å². The molecule has 0 fully saturated rings. The first-order valence-electron chi connectivity index (χ1n) is 15.7. The lowest BCUT2D eigenvalue weighted by Gasteiger charge is -2.27. The Bertz CT molecular complexity index is 2290. The van der Waals surface area contributed by atoms with Crippen molar-refractivity contribution in [2.24, 2.45) is 4.99 Å². The number of aliphatic imine (C=N–C) groups is 1. The van der Waals surface area contributed by atoms with E-state index in [9.17, 15) is 0 Å². The van der Waals surface area contributed by atoms with E-state index in [1.165, 1.54) is 10.8 Å². The molecule has 0 unspecified atom stereocenters. The van der Waals surface area contributed by atoms with Crippen molar-refractivity contribution in [1.29, 1.82) is 0 Å². The third kappa shape index (κ3) is 4.81. The standard InChI is InChI=1S/C44H32N2/c1-30-37-20-8-9-23-41(37)42-29-34(26-27-39(42)31(2)45-43-24-11-10-21-38(30)43)33-16-12-19-36(28-33)46(35-17-4-3-5-18-35)44-25-13-15-32-14-6-7-22-40(32)44/h3-29H,1H2,2H3. The van der Waals surface area contributed by atoms with Crippen LogP contribution < -0.4 is 4.90 Å². The zero-order chi connectivity index (χ0) is 31.0. The lowest BCUT2D eigenvalue weighted by molar-refractivity contribution is 1.30. The van der Waals surface area contributed by atoms with Crippen molar-refractivity contribution >= 4 is 44.8 Å². The smallest absolute Gasteiger partial charge is 0.0711 e. The maximum atomic E-state index is 5.12. The molecule has 0 aromatic heterocycles. The molecule has 7 aromatic rings. The van der Waals surface area contributed by atoms with E-state index >= 15 is 0 Å². The maximum absolute atomic E-state index is 5.12. The van der Waals surface area contributed by atoms with E-state index in [1.807, 2.05) is 6.07 Å². The van der Waals surface area contributed by atoms with Crippen molar-refractivity contribution in [2.45, 2.75) is 6.92 Å². The topological polar surface area (TPSA) is 15.6 Å². The van der Waals surface area contributed by atoms with E-state index in [4.69, 9.17) is 4.99 Å². The Labute approximate surface area is 270 Å². The van der Waals surface area contributed by atoms with Crippen LogP contribution in [-0.4, -0.2) is 5.71 Å². The normalized spacial score (nSPS) is 12.2. The fraction of sp³-hybridized carbons (Fsp3) is 0.0227. The molecule has 0 aliphatic carbocycles. The number of hydrogen-bond donors (Lipinski definition) is 0. The first kappa shape index (κ1) is 27.6. The monoisotopic (exact) mass is 588 g/mol. The van der Waals surface area contributed by atoms with Gasteiger partial charge in [0.05, 0.1) is 11.4 Å². The van der Waals surface area contributed by atoms with E-state index in [-0.39, 0.29) is 0 Å². The lowest BCUT2D eigenvalue weighted by atomic mass is 9.87. The molecule has 0 N–H and O–H groups in total. The molecule has 46 heavy (non-hydrogen) atoms. The summed E-state index contributed by atoms with van der Waals surface area (Å²) in [6.45, 7) is 6.66. The van der Waals surface area contributed by atoms with Gasteiger partial charge in [-0.15, -0.1) is 0 Å². The number of hydrogen-bond acceptors (Lipinski definition) is 2. The minimum absolute atomic E-state index is 0.943. The highest BCUT2D eigenvalue weighted by Gasteiger charge is 2.20. The second-order valence-corrected chi connectivity index (χ2v) is 11.7. The van der Waals surface area contributed by atoms with Gasteiger partial charge in [0.25, 0.3) is 0 Å². The van der Waals surface area contributed by atoms with Crippen LogP contribution in [0.4, 0.5) is 22.7 Å². The van der Waals surface area contributed by atoms with Crippen LogP contribution in [-0.2, 0) is 0 Å². The number of fused-ring (bicyclic) bond motifs is 5. The van der Waals surface area contributed by atoms with Crippen LogP contribution in [0.5, 0.6) is 0 Å². The van der Waals surface area contributed by atoms with E-state index in [2.05, 4.69) is 176 Å². The quantitative estimate of drug-likeness (QED) is 0.200. The lowest BCUT2D eigenvalue weighted by Crippen LogP contribution is -2.10. The van der Waals surface area contributed by atoms with Gasteiger partial charge in [-0.3, -0.25) is 4.99 Å². The van der Waals surface area contributed by atoms with E-state index in [0.29, 0.717) is 0 Å². The highest BCUT2D eigenvalue weighted by Crippen LogP contribution is 2.43. The minimum atomic E-state index is 0.943. The Morgan fingerprint density at radius 1 is 0.478 bits per heavy atom. The molecule has 1 heterocycles. The highest BCUT2D eigenvalue weighted by molar-refractivity contribution is 6.09. The first-order valence-corrected chi connectivity index (χ1v) is 15.7. The fourth-order valence-electron chi connectivity index (χ4n) is 6.69. The molecule has 2 nitrogen and oxygen atoms in total. The third-order valence-corrected chi connectivity index (χ3v) is 8.93. The molecule has 1 aliphatic rings. The second kappa shape index (κ2) is 11.5. The fourth-order valence-corrected chi connectivity index (χ4v) is 6.69. The van der Waals surface area contributed by atoms with Gasteiger partial charge in [-0.1, -0.05) is 128 Å². The summed E-state index contributed by atoms with van der Waals surface area (Å²) in [6, 6.07) is 58.2. The second-order valence-electron chi connectivity index (χ2n) is 11.7. The zero-order valence-electron chi connectivity index (χ0n) is 25.7. The SMILES string of the molecule is C=C1c2ccccc2N=C(C)c2ccc(-c3cccc(N(c4ccccc4)c4cccc5ccccc45)c3)cc2-c2ccccc21. The Morgan fingerprint density at radius 3 is 2.00 bits per heavy atom. The molecule has 1 aliphatic heterocycles. The number of rotatable bonds is 4. The van der Waals surface area contributed by atoms with Crippen LogP contribution in [0.25, 0.3) is 38.6 Å². The van der Waals surface area contributed by atoms with Crippen molar-refractivity contribution in [3.05, 3.63) is 187 Å². The Balaban J connectivity index is 1.30. The van der Waals surface area contributed by atoms with Gasteiger partial charge in [0.15, 0.2) is 0 Å².